The summed E-state index contributed by atoms with van der Waals surface area (Å²) in [5.41, 5.74) is 2.35. The van der Waals surface area contributed by atoms with Crippen molar-refractivity contribution in [1.29, 1.82) is 0 Å². The number of carbonyl (C=O) groups is 3. The minimum Gasteiger partial charge on any atom is -0.497 e. The summed E-state index contributed by atoms with van der Waals surface area (Å²) in [4.78, 5) is 41.7. The number of hydrogen-bond donors (Lipinski definition) is 1. The number of nitrogens with one attached hydrogen (secondary N) is 1. The van der Waals surface area contributed by atoms with Gasteiger partial charge in [0.15, 0.2) is 5.11 Å². The van der Waals surface area contributed by atoms with Crippen LogP contribution >= 0.6 is 23.8 Å². The topological polar surface area (TPSA) is 88.2 Å². The van der Waals surface area contributed by atoms with E-state index in [1.54, 1.807) is 79.6 Å². The maximum atomic E-state index is 13.6. The fourth-order valence-electron chi connectivity index (χ4n) is 4.06. The van der Waals surface area contributed by atoms with Gasteiger partial charge < -0.3 is 19.7 Å². The predicted octanol–water partition coefficient (Wildman–Crippen LogP) is 5.06. The lowest BCUT2D eigenvalue weighted by molar-refractivity contribution is -0.124. The third kappa shape index (κ3) is 6.12. The SMILES string of the molecule is CCOC(=O)c1ccc(NC(=O)C[C@@H]2C(=O)N(c3ccc(OC)cc3)C(=S)N2Cc2ccc(Cl)cc2)cc1. The first-order valence-electron chi connectivity index (χ1n) is 11.9. The number of rotatable bonds is 9. The van der Waals surface area contributed by atoms with Crippen LogP contribution in [0.3, 0.4) is 0 Å². The third-order valence-corrected chi connectivity index (χ3v) is 6.64. The highest BCUT2D eigenvalue weighted by molar-refractivity contribution is 7.80. The van der Waals surface area contributed by atoms with Crippen LogP contribution in [0, 0.1) is 0 Å². The average molecular weight is 552 g/mol. The molecule has 8 nitrogen and oxygen atoms in total. The first-order chi connectivity index (χ1) is 18.3. The van der Waals surface area contributed by atoms with Crippen molar-refractivity contribution in [1.82, 2.24) is 4.90 Å². The van der Waals surface area contributed by atoms with E-state index in [9.17, 15) is 14.4 Å². The summed E-state index contributed by atoms with van der Waals surface area (Å²) < 4.78 is 10.2. The van der Waals surface area contributed by atoms with Gasteiger partial charge in [-0.25, -0.2) is 4.79 Å². The summed E-state index contributed by atoms with van der Waals surface area (Å²) in [6.07, 6.45) is -0.126. The molecule has 0 aliphatic carbocycles. The normalized spacial score (nSPS) is 15.0. The zero-order valence-electron chi connectivity index (χ0n) is 20.8. The van der Waals surface area contributed by atoms with Gasteiger partial charge in [-0.2, -0.15) is 0 Å². The molecule has 1 aliphatic heterocycles. The van der Waals surface area contributed by atoms with E-state index in [0.29, 0.717) is 39.4 Å². The van der Waals surface area contributed by atoms with Crippen molar-refractivity contribution in [2.45, 2.75) is 25.9 Å². The minimum absolute atomic E-state index is 0.126. The molecule has 0 bridgehead atoms. The molecule has 3 aromatic carbocycles. The number of ether oxygens (including phenoxy) is 2. The number of methoxy groups -OCH3 is 1. The van der Waals surface area contributed by atoms with Gasteiger partial charge in [-0.15, -0.1) is 0 Å². The van der Waals surface area contributed by atoms with Crippen LogP contribution in [0.2, 0.25) is 5.02 Å². The molecule has 1 heterocycles. The van der Waals surface area contributed by atoms with Gasteiger partial charge in [-0.1, -0.05) is 23.7 Å². The molecular weight excluding hydrogens is 526 g/mol. The molecular formula is C28H26ClN3O5S. The Morgan fingerprint density at radius 1 is 1.00 bits per heavy atom. The van der Waals surface area contributed by atoms with Crippen molar-refractivity contribution in [3.63, 3.8) is 0 Å². The van der Waals surface area contributed by atoms with E-state index in [-0.39, 0.29) is 24.8 Å². The summed E-state index contributed by atoms with van der Waals surface area (Å²) in [6, 6.07) is 19.8. The smallest absolute Gasteiger partial charge is 0.338 e. The molecule has 10 heteroatoms. The van der Waals surface area contributed by atoms with Crippen LogP contribution in [0.4, 0.5) is 11.4 Å². The lowest BCUT2D eigenvalue weighted by atomic mass is 10.1. The van der Waals surface area contributed by atoms with Gasteiger partial charge in [0.25, 0.3) is 5.91 Å². The molecule has 0 spiro atoms. The van der Waals surface area contributed by atoms with Crippen molar-refractivity contribution in [2.24, 2.45) is 0 Å². The number of anilines is 2. The third-order valence-electron chi connectivity index (χ3n) is 5.97. The second-order valence-corrected chi connectivity index (χ2v) is 9.28. The van der Waals surface area contributed by atoms with E-state index in [2.05, 4.69) is 5.32 Å². The van der Waals surface area contributed by atoms with E-state index >= 15 is 0 Å². The zero-order valence-corrected chi connectivity index (χ0v) is 22.4. The van der Waals surface area contributed by atoms with E-state index in [1.807, 2.05) is 12.1 Å². The lowest BCUT2D eigenvalue weighted by Gasteiger charge is -2.24. The number of hydrogen-bond acceptors (Lipinski definition) is 6. The van der Waals surface area contributed by atoms with Crippen LogP contribution in [0.15, 0.2) is 72.8 Å². The molecule has 196 valence electrons. The van der Waals surface area contributed by atoms with E-state index in [4.69, 9.17) is 33.3 Å². The summed E-state index contributed by atoms with van der Waals surface area (Å²) in [5, 5.41) is 3.69. The average Bonchev–Trinajstić information content (AvgIpc) is 3.14. The first-order valence-corrected chi connectivity index (χ1v) is 12.7. The maximum Gasteiger partial charge on any atom is 0.338 e. The fraction of sp³-hybridized carbons (Fsp3) is 0.214. The molecule has 0 unspecified atom stereocenters. The van der Waals surface area contributed by atoms with Crippen molar-refractivity contribution in [3.8, 4) is 5.75 Å². The highest BCUT2D eigenvalue weighted by atomic mass is 35.5. The summed E-state index contributed by atoms with van der Waals surface area (Å²) >= 11 is 11.8. The molecule has 0 saturated carbocycles. The molecule has 1 N–H and O–H groups in total. The van der Waals surface area contributed by atoms with Gasteiger partial charge in [0, 0.05) is 17.3 Å². The Morgan fingerprint density at radius 2 is 1.66 bits per heavy atom. The van der Waals surface area contributed by atoms with Crippen molar-refractivity contribution < 1.29 is 23.9 Å². The molecule has 38 heavy (non-hydrogen) atoms. The van der Waals surface area contributed by atoms with E-state index < -0.39 is 12.0 Å². The van der Waals surface area contributed by atoms with Crippen molar-refractivity contribution in [2.75, 3.05) is 23.9 Å². The zero-order chi connectivity index (χ0) is 27.2. The monoisotopic (exact) mass is 551 g/mol. The van der Waals surface area contributed by atoms with Crippen LogP contribution in [0.25, 0.3) is 0 Å². The van der Waals surface area contributed by atoms with Crippen LogP contribution in [-0.2, 0) is 20.9 Å². The van der Waals surface area contributed by atoms with Crippen molar-refractivity contribution in [3.05, 3.63) is 88.9 Å². The number of carbonyl (C=O) groups excluding carboxylic acids is 3. The van der Waals surface area contributed by atoms with E-state index in [0.717, 1.165) is 5.56 Å². The second-order valence-electron chi connectivity index (χ2n) is 8.47. The van der Waals surface area contributed by atoms with Crippen LogP contribution < -0.4 is 15.0 Å². The summed E-state index contributed by atoms with van der Waals surface area (Å²) in [5.74, 6) is -0.462. The van der Waals surface area contributed by atoms with Gasteiger partial charge in [0.2, 0.25) is 5.91 Å². The minimum atomic E-state index is -0.820. The largest absolute Gasteiger partial charge is 0.497 e. The van der Waals surface area contributed by atoms with E-state index in [1.165, 1.54) is 4.90 Å². The van der Waals surface area contributed by atoms with Crippen LogP contribution in [-0.4, -0.2) is 47.6 Å². The van der Waals surface area contributed by atoms with Crippen molar-refractivity contribution >= 4 is 58.1 Å². The van der Waals surface area contributed by atoms with Gasteiger partial charge in [0.05, 0.1) is 31.4 Å². The van der Waals surface area contributed by atoms with Crippen LogP contribution in [0.5, 0.6) is 5.75 Å². The molecule has 1 atom stereocenters. The first kappa shape index (κ1) is 27.1. The van der Waals surface area contributed by atoms with Gasteiger partial charge in [-0.05, 0) is 85.4 Å². The lowest BCUT2D eigenvalue weighted by Crippen LogP contribution is -2.37. The molecule has 3 aromatic rings. The Balaban J connectivity index is 1.54. The van der Waals surface area contributed by atoms with Gasteiger partial charge in [-0.3, -0.25) is 14.5 Å². The molecule has 0 radical (unpaired) electrons. The number of amides is 2. The molecule has 4 rings (SSSR count). The van der Waals surface area contributed by atoms with Gasteiger partial charge in [0.1, 0.15) is 11.8 Å². The number of thiocarbonyl (C=S) groups is 1. The number of nitrogens with zero attached hydrogens (tertiary/aromatic N) is 2. The molecule has 1 saturated heterocycles. The summed E-state index contributed by atoms with van der Waals surface area (Å²) in [6.45, 7) is 2.32. The molecule has 1 fully saturated rings. The second kappa shape index (κ2) is 12.1. The van der Waals surface area contributed by atoms with Gasteiger partial charge >= 0.3 is 5.97 Å². The fourth-order valence-corrected chi connectivity index (χ4v) is 4.57. The number of halogens is 1. The molecule has 0 aromatic heterocycles. The quantitative estimate of drug-likeness (QED) is 0.294. The summed E-state index contributed by atoms with van der Waals surface area (Å²) in [7, 11) is 1.56. The Bertz CT molecular complexity index is 1330. The Labute approximate surface area is 231 Å². The predicted molar refractivity (Wildman–Crippen MR) is 150 cm³/mol. The Morgan fingerprint density at radius 3 is 2.26 bits per heavy atom. The number of esters is 1. The van der Waals surface area contributed by atoms with Crippen LogP contribution in [0.1, 0.15) is 29.3 Å². The number of benzene rings is 3. The molecule has 2 amide bonds. The highest BCUT2D eigenvalue weighted by Gasteiger charge is 2.44. The highest BCUT2D eigenvalue weighted by Crippen LogP contribution is 2.30. The standard InChI is InChI=1S/C28H26ClN3O5S/c1-3-37-27(35)19-6-10-21(11-7-19)30-25(33)16-24-26(34)32(22-12-14-23(36-2)15-13-22)28(38)31(24)17-18-4-8-20(29)9-5-18/h4-15,24H,3,16-17H2,1-2H3,(H,30,33)/t24-/m1/s1. The maximum absolute atomic E-state index is 13.6. The molecule has 1 aliphatic rings. The Hall–Kier alpha value is -3.95. The Kier molecular flexibility index (Phi) is 8.60.